The third kappa shape index (κ3) is 2.30. The smallest absolute Gasteiger partial charge is 0.191 e. The molecule has 0 spiro atoms. The number of rotatable bonds is 4. The third-order valence-corrected chi connectivity index (χ3v) is 1.86. The summed E-state index contributed by atoms with van der Waals surface area (Å²) in [7, 11) is 0. The molecule has 0 amide bonds. The molecule has 0 aromatic carbocycles. The number of hydrogen-bond acceptors (Lipinski definition) is 1. The molecule has 0 atom stereocenters. The average molecular weight is 155 g/mol. The molecule has 0 bridgehead atoms. The molecule has 0 saturated heterocycles. The van der Waals surface area contributed by atoms with Crippen molar-refractivity contribution in [3.63, 3.8) is 0 Å². The predicted molar refractivity (Wildman–Crippen MR) is 47.8 cm³/mol. The Morgan fingerprint density at radius 1 is 1.55 bits per heavy atom. The zero-order valence-electron chi connectivity index (χ0n) is 6.93. The number of hydrogen-bond donors (Lipinski definition) is 2. The molecular formula is C9H17NO. The monoisotopic (exact) mass is 155 g/mol. The van der Waals surface area contributed by atoms with Crippen molar-refractivity contribution in [2.24, 2.45) is 0 Å². The molecule has 2 N–H and O–H groups in total. The van der Waals surface area contributed by atoms with E-state index >= 15 is 0 Å². The van der Waals surface area contributed by atoms with Crippen molar-refractivity contribution in [3.05, 3.63) is 17.8 Å². The predicted octanol–water partition coefficient (Wildman–Crippen LogP) is 2.70. The molecule has 0 unspecified atom stereocenters. The first-order valence-electron chi connectivity index (χ1n) is 4.19. The van der Waals surface area contributed by atoms with Crippen LogP contribution in [0.4, 0.5) is 0 Å². The molecule has 11 heavy (non-hydrogen) atoms. The summed E-state index contributed by atoms with van der Waals surface area (Å²) in [5.41, 5.74) is 1.04. The largest absolute Gasteiger partial charge is 0.494 e. The van der Waals surface area contributed by atoms with Gasteiger partial charge in [0.05, 0.1) is 0 Å². The van der Waals surface area contributed by atoms with Gasteiger partial charge in [-0.15, -0.1) is 0 Å². The minimum atomic E-state index is 0. The fraction of sp³-hybridized carbons (Fsp3) is 0.556. The lowest BCUT2D eigenvalue weighted by Gasteiger charge is -1.96. The Labute approximate surface area is 68.7 Å². The van der Waals surface area contributed by atoms with Crippen molar-refractivity contribution in [1.29, 1.82) is 0 Å². The van der Waals surface area contributed by atoms with Crippen molar-refractivity contribution in [1.82, 2.24) is 4.98 Å². The van der Waals surface area contributed by atoms with Gasteiger partial charge >= 0.3 is 0 Å². The second-order valence-corrected chi connectivity index (χ2v) is 2.81. The Hall–Kier alpha value is -0.920. The summed E-state index contributed by atoms with van der Waals surface area (Å²) in [5.74, 6) is 0.334. The molecule has 0 aliphatic rings. The number of aromatic hydroxyl groups is 1. The van der Waals surface area contributed by atoms with Crippen LogP contribution in [-0.4, -0.2) is 10.1 Å². The van der Waals surface area contributed by atoms with E-state index in [1.165, 1.54) is 19.3 Å². The van der Waals surface area contributed by atoms with Gasteiger partial charge in [0, 0.05) is 13.2 Å². The minimum Gasteiger partial charge on any atom is -0.494 e. The van der Waals surface area contributed by atoms with Gasteiger partial charge in [-0.05, 0) is 18.9 Å². The van der Waals surface area contributed by atoms with Gasteiger partial charge < -0.3 is 10.1 Å². The van der Waals surface area contributed by atoms with Crippen LogP contribution in [0.1, 0.15) is 33.2 Å². The highest BCUT2D eigenvalue weighted by atomic mass is 16.3. The van der Waals surface area contributed by atoms with Crippen molar-refractivity contribution in [2.75, 3.05) is 0 Å². The highest BCUT2D eigenvalue weighted by molar-refractivity contribution is 5.24. The normalized spacial score (nSPS) is 10.3. The Morgan fingerprint density at radius 3 is 2.91 bits per heavy atom. The first-order chi connectivity index (χ1) is 5.34. The summed E-state index contributed by atoms with van der Waals surface area (Å²) >= 11 is 0. The molecule has 64 valence electrons. The van der Waals surface area contributed by atoms with Crippen LogP contribution in [0.25, 0.3) is 0 Å². The lowest BCUT2D eigenvalue weighted by Crippen LogP contribution is -1.82. The molecule has 0 fully saturated rings. The first kappa shape index (κ1) is 8.18. The number of H-pyrrole nitrogens is 1. The van der Waals surface area contributed by atoms with E-state index in [9.17, 15) is 5.11 Å². The van der Waals surface area contributed by atoms with Crippen molar-refractivity contribution in [3.8, 4) is 5.88 Å². The van der Waals surface area contributed by atoms with Crippen LogP contribution in [0.15, 0.2) is 12.3 Å². The van der Waals surface area contributed by atoms with Crippen LogP contribution in [-0.2, 0) is 6.42 Å². The van der Waals surface area contributed by atoms with Gasteiger partial charge in [0.1, 0.15) is 0 Å². The minimum absolute atomic E-state index is 0. The molecule has 0 aliphatic heterocycles. The van der Waals surface area contributed by atoms with E-state index in [0.29, 0.717) is 5.88 Å². The quantitative estimate of drug-likeness (QED) is 0.644. The Balaban J connectivity index is 0.00000121. The number of nitrogens with one attached hydrogen (secondary N) is 1. The van der Waals surface area contributed by atoms with E-state index in [1.54, 1.807) is 6.20 Å². The number of aryl methyl sites for hydroxylation is 1. The van der Waals surface area contributed by atoms with Crippen LogP contribution >= 0.6 is 0 Å². The topological polar surface area (TPSA) is 36.0 Å². The summed E-state index contributed by atoms with van der Waals surface area (Å²) in [6.07, 6.45) is 6.40. The van der Waals surface area contributed by atoms with Gasteiger partial charge in [-0.2, -0.15) is 0 Å². The second-order valence-electron chi connectivity index (χ2n) is 2.81. The van der Waals surface area contributed by atoms with Gasteiger partial charge in [0.25, 0.3) is 0 Å². The summed E-state index contributed by atoms with van der Waals surface area (Å²) in [5, 5.41) is 9.19. The highest BCUT2D eigenvalue weighted by Gasteiger charge is 1.99. The standard InChI is InChI=1S/C9H15NO.H2/c1-2-3-4-5-8-6-7-10-9(8)11;/h6-7,10-11H,2-5H2,1H3;1H. The zero-order chi connectivity index (χ0) is 8.10. The Kier molecular flexibility index (Phi) is 3.02. The number of aromatic amines is 1. The maximum Gasteiger partial charge on any atom is 0.191 e. The molecule has 1 heterocycles. The van der Waals surface area contributed by atoms with Crippen LogP contribution in [0.5, 0.6) is 5.88 Å². The molecule has 1 aromatic heterocycles. The van der Waals surface area contributed by atoms with Gasteiger partial charge in [-0.25, -0.2) is 0 Å². The van der Waals surface area contributed by atoms with E-state index < -0.39 is 0 Å². The van der Waals surface area contributed by atoms with Crippen LogP contribution < -0.4 is 0 Å². The summed E-state index contributed by atoms with van der Waals surface area (Å²) in [6.45, 7) is 2.18. The van der Waals surface area contributed by atoms with E-state index in [-0.39, 0.29) is 1.43 Å². The number of unbranched alkanes of at least 4 members (excludes halogenated alkanes) is 2. The maximum absolute atomic E-state index is 9.19. The summed E-state index contributed by atoms with van der Waals surface area (Å²) in [6, 6.07) is 1.94. The Morgan fingerprint density at radius 2 is 2.36 bits per heavy atom. The molecule has 1 aromatic rings. The average Bonchev–Trinajstić information content (AvgIpc) is 2.37. The van der Waals surface area contributed by atoms with Crippen molar-refractivity contribution >= 4 is 0 Å². The number of aromatic nitrogens is 1. The van der Waals surface area contributed by atoms with Crippen molar-refractivity contribution in [2.45, 2.75) is 32.6 Å². The van der Waals surface area contributed by atoms with Crippen LogP contribution in [0, 0.1) is 0 Å². The SMILES string of the molecule is CCCCCc1cc[nH]c1O.[HH]. The Bertz CT molecular complexity index is 210. The summed E-state index contributed by atoms with van der Waals surface area (Å²) in [4.78, 5) is 2.75. The van der Waals surface area contributed by atoms with Crippen LogP contribution in [0.2, 0.25) is 0 Å². The van der Waals surface area contributed by atoms with E-state index in [1.807, 2.05) is 6.07 Å². The fourth-order valence-electron chi connectivity index (χ4n) is 1.16. The summed E-state index contributed by atoms with van der Waals surface area (Å²) < 4.78 is 0. The lowest BCUT2D eigenvalue weighted by molar-refractivity contribution is 0.449. The molecular weight excluding hydrogens is 138 g/mol. The van der Waals surface area contributed by atoms with Crippen LogP contribution in [0.3, 0.4) is 0 Å². The second kappa shape index (κ2) is 4.06. The molecule has 2 heteroatoms. The lowest BCUT2D eigenvalue weighted by atomic mass is 10.1. The molecule has 1 rings (SSSR count). The van der Waals surface area contributed by atoms with Crippen molar-refractivity contribution < 1.29 is 6.53 Å². The zero-order valence-corrected chi connectivity index (χ0v) is 6.93. The van der Waals surface area contributed by atoms with E-state index in [0.717, 1.165) is 12.0 Å². The molecule has 0 saturated carbocycles. The maximum atomic E-state index is 9.19. The first-order valence-corrected chi connectivity index (χ1v) is 4.19. The van der Waals surface area contributed by atoms with Gasteiger partial charge in [-0.1, -0.05) is 19.8 Å². The van der Waals surface area contributed by atoms with Gasteiger partial charge in [-0.3, -0.25) is 0 Å². The third-order valence-electron chi connectivity index (χ3n) is 1.86. The molecule has 0 radical (unpaired) electrons. The van der Waals surface area contributed by atoms with E-state index in [4.69, 9.17) is 0 Å². The highest BCUT2D eigenvalue weighted by Crippen LogP contribution is 2.16. The van der Waals surface area contributed by atoms with Gasteiger partial charge in [0.2, 0.25) is 0 Å². The fourth-order valence-corrected chi connectivity index (χ4v) is 1.16. The van der Waals surface area contributed by atoms with Gasteiger partial charge in [0.15, 0.2) is 5.88 Å². The molecule has 0 aliphatic carbocycles. The molecule has 2 nitrogen and oxygen atoms in total. The van der Waals surface area contributed by atoms with E-state index in [2.05, 4.69) is 11.9 Å².